The van der Waals surface area contributed by atoms with Crippen LogP contribution in [0.4, 0.5) is 0 Å². The van der Waals surface area contributed by atoms with Crippen LogP contribution in [0.5, 0.6) is 0 Å². The molecule has 3 aliphatic rings. The topological polar surface area (TPSA) is 496 Å². The first-order valence-electron chi connectivity index (χ1n) is 34.0. The minimum absolute atomic E-state index is 0.0172. The Morgan fingerprint density at radius 3 is 0.767 bits per heavy atom. The van der Waals surface area contributed by atoms with Gasteiger partial charge in [-0.15, -0.1) is 0 Å². The van der Waals surface area contributed by atoms with Crippen LogP contribution in [0, 0.1) is 23.2 Å². The maximum atomic E-state index is 13.0. The highest BCUT2D eigenvalue weighted by Gasteiger charge is 2.45. The Kier molecular flexibility index (Phi) is 53.8. The van der Waals surface area contributed by atoms with Gasteiger partial charge in [-0.3, -0.25) is 0 Å². The fourth-order valence-electron chi connectivity index (χ4n) is 9.54. The van der Waals surface area contributed by atoms with Gasteiger partial charge in [0.2, 0.25) is 0 Å². The number of aliphatic hydroxyl groups is 9. The van der Waals surface area contributed by atoms with Gasteiger partial charge < -0.3 is 178 Å². The fourth-order valence-corrected chi connectivity index (χ4v) is 13.8. The summed E-state index contributed by atoms with van der Waals surface area (Å²) in [5, 5.41) is 89.0. The molecule has 0 aromatic rings. The maximum Gasteiger partial charge on any atom is 0.163 e. The van der Waals surface area contributed by atoms with E-state index in [1.54, 1.807) is 20.8 Å². The van der Waals surface area contributed by atoms with Gasteiger partial charge in [0.25, 0.3) is 0 Å². The smallest absolute Gasteiger partial charge is 0.163 e. The van der Waals surface area contributed by atoms with Gasteiger partial charge in [0.1, 0.15) is 63.5 Å². The second-order valence-electron chi connectivity index (χ2n) is 23.8. The summed E-state index contributed by atoms with van der Waals surface area (Å²) in [5.41, 5.74) is -1.04. The summed E-state index contributed by atoms with van der Waals surface area (Å²) in [6.45, 7) is -10.1. The highest BCUT2D eigenvalue weighted by Crippen LogP contribution is 2.41. The molecular weight excluding hydrogens is 1540 g/mol. The van der Waals surface area contributed by atoms with Crippen molar-refractivity contribution in [1.29, 1.82) is 0 Å². The van der Waals surface area contributed by atoms with Crippen LogP contribution in [0.1, 0.15) is 52.9 Å². The molecule has 3 aliphatic heterocycles. The molecule has 19 atom stereocenters. The van der Waals surface area contributed by atoms with E-state index in [2.05, 4.69) is 0 Å². The van der Waals surface area contributed by atoms with Crippen molar-refractivity contribution >= 4 is 74.1 Å². The first kappa shape index (κ1) is 98.3. The first-order chi connectivity index (χ1) is 49.2. The van der Waals surface area contributed by atoms with Crippen molar-refractivity contribution in [2.45, 2.75) is 127 Å². The monoisotopic (exact) mass is 1650 g/mol. The van der Waals surface area contributed by atoms with Gasteiger partial charge in [-0.1, -0.05) is 68.0 Å². The number of aliphatic hydroxyl groups excluding tert-OH is 9. The summed E-state index contributed by atoms with van der Waals surface area (Å²) in [6.07, 6.45) is -11.3. The van der Waals surface area contributed by atoms with Gasteiger partial charge in [-0.2, -0.15) is 0 Å². The Morgan fingerprint density at radius 1 is 0.301 bits per heavy atom. The lowest BCUT2D eigenvalue weighted by Crippen LogP contribution is -2.55. The minimum atomic E-state index is -3.94. The van der Waals surface area contributed by atoms with E-state index in [0.29, 0.717) is 6.42 Å². The van der Waals surface area contributed by atoms with Crippen LogP contribution in [0.3, 0.4) is 0 Å². The molecular formula is C58H112O37P4S4-4. The molecule has 0 radical (unpaired) electrons. The zero-order valence-corrected chi connectivity index (χ0v) is 65.8. The molecule has 9 N–H and O–H groups in total. The zero-order valence-electron chi connectivity index (χ0n) is 58.9. The van der Waals surface area contributed by atoms with Gasteiger partial charge >= 0.3 is 0 Å². The molecule has 0 aliphatic carbocycles. The average molecular weight is 1650 g/mol. The molecule has 0 amide bonds. The molecule has 0 spiro atoms. The molecule has 45 heteroatoms. The van der Waals surface area contributed by atoms with Crippen molar-refractivity contribution in [1.82, 2.24) is 0 Å². The molecule has 103 heavy (non-hydrogen) atoms. The quantitative estimate of drug-likeness (QED) is 0.0210. The molecule has 37 nitrogen and oxygen atoms in total. The van der Waals surface area contributed by atoms with Crippen molar-refractivity contribution in [3.05, 3.63) is 0 Å². The number of hydrogen-bond acceptors (Lipinski definition) is 41. The summed E-state index contributed by atoms with van der Waals surface area (Å²) in [4.78, 5) is 51.0. The number of hydrogen-bond donors (Lipinski definition) is 9. The van der Waals surface area contributed by atoms with Crippen LogP contribution in [0.2, 0.25) is 0 Å². The van der Waals surface area contributed by atoms with Gasteiger partial charge in [0, 0.05) is 57.9 Å². The minimum Gasteiger partial charge on any atom is -0.780 e. The Labute approximate surface area is 623 Å². The Bertz CT molecular complexity index is 2240. The standard InChI is InChI=1S/C58H116O37P4S4/c1-43-49(62)52(65)46(36-59)93-55(43)83-31-26-74-21-20-73-10-5-16-87-97(69,101)88-17-7-12-80-40-58(39-79-11-6-15-86-96(68,100)72-4,41-81-13-8-18-89-98(70,102)91-34-29-77-24-22-75-27-32-84-56-44(2)50(63)53(66)47(37-60)94-56)42-82-14-9-19-90-99(71,103)92-35-30-78-25-23-76-28-33-85-57-45(3)51(64)54(67)48(38-61)95-57/h43-57,59-67H,5-42H2,1-4H3,(H,68,100)(H,69,101)(H,70,102)(H,71,103)/p-4/t43?,44?,45?,46?,47?,48?,49-,50-,51-,52+,53+,54+,55-,56-,57-,58?,96?,97?,98?,99?/m1/s1. The van der Waals surface area contributed by atoms with E-state index in [9.17, 15) is 65.5 Å². The number of rotatable bonds is 66. The predicted molar refractivity (Wildman–Crippen MR) is 368 cm³/mol. The third-order valence-corrected chi connectivity index (χ3v) is 22.0. The van der Waals surface area contributed by atoms with E-state index in [1.165, 1.54) is 7.11 Å². The Morgan fingerprint density at radius 2 is 0.515 bits per heavy atom. The summed E-state index contributed by atoms with van der Waals surface area (Å²) in [5.74, 6) is -1.62. The summed E-state index contributed by atoms with van der Waals surface area (Å²) in [6, 6.07) is 0. The molecule has 0 aromatic heterocycles. The van der Waals surface area contributed by atoms with E-state index in [4.69, 9.17) is 159 Å². The molecule has 0 aromatic carbocycles. The highest BCUT2D eigenvalue weighted by atomic mass is 32.5. The van der Waals surface area contributed by atoms with Crippen LogP contribution >= 0.6 is 26.9 Å². The lowest BCUT2D eigenvalue weighted by molar-refractivity contribution is -0.284. The van der Waals surface area contributed by atoms with E-state index in [1.807, 2.05) is 0 Å². The van der Waals surface area contributed by atoms with Crippen molar-refractivity contribution < 1.29 is 178 Å². The SMILES string of the molecule is COP([O-])(=S)OCCCOCC(COCCCOP([O-])(=S)OCCCOCCOCCO[C@@H]1OC(CO)[C@H](O)[C@H](O)C1C)(COCCCOP([O-])(=S)OCCOCCOCCO[C@@H]1OC(CO)[C@H](O)[C@H](O)C1C)COCCCOP([O-])(=S)OCCOCCOCCO[C@@H]1OC(CO)[C@H](O)[C@H](O)C1C. The predicted octanol–water partition coefficient (Wildman–Crippen LogP) is -3.53. The third kappa shape index (κ3) is 42.7. The molecule has 10 unspecified atom stereocenters. The Hall–Kier alpha value is 1.12. The first-order valence-corrected chi connectivity index (χ1v) is 44.2. The van der Waals surface area contributed by atoms with Gasteiger partial charge in [0.05, 0.1) is 209 Å². The molecule has 3 heterocycles. The molecule has 3 saturated heterocycles. The van der Waals surface area contributed by atoms with Crippen LogP contribution in [0.15, 0.2) is 0 Å². The second kappa shape index (κ2) is 56.4. The van der Waals surface area contributed by atoms with E-state index >= 15 is 0 Å². The molecule has 0 bridgehead atoms. The van der Waals surface area contributed by atoms with E-state index in [-0.39, 0.29) is 224 Å². The number of ether oxygens (including phenoxy) is 16. The van der Waals surface area contributed by atoms with Gasteiger partial charge in [-0.05, 0) is 32.1 Å². The van der Waals surface area contributed by atoms with Crippen LogP contribution in [-0.2, 0) is 159 Å². The summed E-state index contributed by atoms with van der Waals surface area (Å²) in [7, 11) is 1.17. The molecule has 3 fully saturated rings. The van der Waals surface area contributed by atoms with Crippen molar-refractivity contribution in [2.24, 2.45) is 23.2 Å². The lowest BCUT2D eigenvalue weighted by Gasteiger charge is -2.40. The van der Waals surface area contributed by atoms with Gasteiger partial charge in [-0.25, -0.2) is 0 Å². The normalized spacial score (nSPS) is 28.5. The fraction of sp³-hybridized carbons (Fsp3) is 1.00. The average Bonchev–Trinajstić information content (AvgIpc) is 0.837. The van der Waals surface area contributed by atoms with Crippen molar-refractivity contribution in [2.75, 3.05) is 225 Å². The molecule has 0 saturated carbocycles. The summed E-state index contributed by atoms with van der Waals surface area (Å²) < 4.78 is 133. The highest BCUT2D eigenvalue weighted by molar-refractivity contribution is 8.07. The lowest BCUT2D eigenvalue weighted by atomic mass is 9.92. The van der Waals surface area contributed by atoms with Gasteiger partial charge in [0.15, 0.2) is 18.9 Å². The van der Waals surface area contributed by atoms with E-state index < -0.39 is 144 Å². The molecule has 3 rings (SSSR count). The van der Waals surface area contributed by atoms with E-state index in [0.717, 1.165) is 0 Å². The second-order valence-corrected chi connectivity index (χ2v) is 34.9. The summed E-state index contributed by atoms with van der Waals surface area (Å²) >= 11 is 20.1. The van der Waals surface area contributed by atoms with Crippen molar-refractivity contribution in [3.63, 3.8) is 0 Å². The van der Waals surface area contributed by atoms with Crippen molar-refractivity contribution in [3.8, 4) is 0 Å². The molecule has 614 valence electrons. The zero-order chi connectivity index (χ0) is 76.0. The third-order valence-electron chi connectivity index (χ3n) is 15.4. The Balaban J connectivity index is 1.45. The largest absolute Gasteiger partial charge is 0.780 e. The van der Waals surface area contributed by atoms with Crippen LogP contribution in [0.25, 0.3) is 0 Å². The maximum absolute atomic E-state index is 13.0. The van der Waals surface area contributed by atoms with Crippen LogP contribution < -0.4 is 19.6 Å². The van der Waals surface area contributed by atoms with Crippen LogP contribution in [-0.4, -0.2) is 345 Å².